The molecule has 2 aromatic rings. The number of hydrogen-bond donors (Lipinski definition) is 0. The molecule has 1 atom stereocenters. The number of benzene rings is 1. The van der Waals surface area contributed by atoms with Crippen LogP contribution in [0.2, 0.25) is 0 Å². The monoisotopic (exact) mass is 367 g/mol. The van der Waals surface area contributed by atoms with E-state index in [1.807, 2.05) is 24.3 Å². The molecule has 5 heteroatoms. The molecule has 0 bridgehead atoms. The molecular formula is C22H26FN3O. The second-order valence-electron chi connectivity index (χ2n) is 7.82. The smallest absolute Gasteiger partial charge is 0.223 e. The van der Waals surface area contributed by atoms with Crippen molar-refractivity contribution in [3.8, 4) is 0 Å². The van der Waals surface area contributed by atoms with Crippen molar-refractivity contribution in [2.45, 2.75) is 50.7 Å². The maximum Gasteiger partial charge on any atom is 0.223 e. The number of amides is 1. The van der Waals surface area contributed by atoms with Crippen LogP contribution in [0.5, 0.6) is 0 Å². The van der Waals surface area contributed by atoms with Gasteiger partial charge in [-0.1, -0.05) is 12.1 Å². The Hall–Kier alpha value is -2.27. The Kier molecular flexibility index (Phi) is 5.21. The van der Waals surface area contributed by atoms with E-state index in [0.29, 0.717) is 13.0 Å². The Balaban J connectivity index is 1.45. The Labute approximate surface area is 160 Å². The highest BCUT2D eigenvalue weighted by Crippen LogP contribution is 2.40. The van der Waals surface area contributed by atoms with Crippen molar-refractivity contribution in [2.75, 3.05) is 13.1 Å². The largest absolute Gasteiger partial charge is 0.333 e. The molecule has 1 aromatic carbocycles. The van der Waals surface area contributed by atoms with Gasteiger partial charge in [-0.2, -0.15) is 0 Å². The topological polar surface area (TPSA) is 36.4 Å². The lowest BCUT2D eigenvalue weighted by atomic mass is 9.87. The fourth-order valence-corrected chi connectivity index (χ4v) is 4.56. The van der Waals surface area contributed by atoms with Gasteiger partial charge in [-0.15, -0.1) is 0 Å². The maximum atomic E-state index is 13.1. The first kappa shape index (κ1) is 18.1. The molecule has 1 amide bonds. The number of carbonyl (C=O) groups is 1. The molecule has 2 aliphatic rings. The van der Waals surface area contributed by atoms with Crippen LogP contribution in [-0.2, 0) is 17.9 Å². The Morgan fingerprint density at radius 3 is 2.44 bits per heavy atom. The third-order valence-corrected chi connectivity index (χ3v) is 6.10. The molecule has 2 aliphatic heterocycles. The average Bonchev–Trinajstić information content (AvgIpc) is 2.86. The number of pyridine rings is 1. The molecule has 1 spiro atoms. The third-order valence-electron chi connectivity index (χ3n) is 6.10. The number of nitrogens with zero attached hydrogens (tertiary/aromatic N) is 3. The van der Waals surface area contributed by atoms with Crippen LogP contribution < -0.4 is 0 Å². The fraction of sp³-hybridized carbons (Fsp3) is 0.455. The van der Waals surface area contributed by atoms with Crippen LogP contribution in [0.15, 0.2) is 48.8 Å². The zero-order valence-corrected chi connectivity index (χ0v) is 15.6. The van der Waals surface area contributed by atoms with Gasteiger partial charge in [0.25, 0.3) is 0 Å². The summed E-state index contributed by atoms with van der Waals surface area (Å²) in [6, 6.07) is 10.8. The standard InChI is InChI=1S/C22H26FN3O/c23-20-4-2-18(3-5-20)16-25-14-1-9-22(11-15-25)10-6-21(27)26(22)17-19-7-12-24-13-8-19/h2-5,7-8,12-13H,1,6,9-11,14-17H2/t22-/m0/s1. The minimum Gasteiger partial charge on any atom is -0.333 e. The fourth-order valence-electron chi connectivity index (χ4n) is 4.56. The SMILES string of the molecule is O=C1CC[C@]2(CCCN(Cc3ccc(F)cc3)CC2)N1Cc1ccncc1. The molecule has 1 aromatic heterocycles. The van der Waals surface area contributed by atoms with Crippen LogP contribution in [0.1, 0.15) is 43.2 Å². The van der Waals surface area contributed by atoms with Crippen LogP contribution in [-0.4, -0.2) is 39.3 Å². The van der Waals surface area contributed by atoms with Gasteiger partial charge in [-0.05, 0) is 67.6 Å². The van der Waals surface area contributed by atoms with Crippen molar-refractivity contribution in [1.29, 1.82) is 0 Å². The molecule has 0 saturated carbocycles. The van der Waals surface area contributed by atoms with Crippen LogP contribution in [0.25, 0.3) is 0 Å². The van der Waals surface area contributed by atoms with E-state index in [0.717, 1.165) is 56.4 Å². The van der Waals surface area contributed by atoms with Gasteiger partial charge in [-0.3, -0.25) is 14.7 Å². The molecule has 0 N–H and O–H groups in total. The molecule has 27 heavy (non-hydrogen) atoms. The van der Waals surface area contributed by atoms with Crippen LogP contribution in [0, 0.1) is 5.82 Å². The Morgan fingerprint density at radius 2 is 1.67 bits per heavy atom. The van der Waals surface area contributed by atoms with Crippen molar-refractivity contribution in [2.24, 2.45) is 0 Å². The first-order valence-corrected chi connectivity index (χ1v) is 9.81. The number of rotatable bonds is 4. The highest BCUT2D eigenvalue weighted by Gasteiger charge is 2.45. The molecular weight excluding hydrogens is 341 g/mol. The minimum absolute atomic E-state index is 0.0160. The zero-order valence-electron chi connectivity index (χ0n) is 15.6. The number of carbonyl (C=O) groups excluding carboxylic acids is 1. The molecule has 4 rings (SSSR count). The summed E-state index contributed by atoms with van der Waals surface area (Å²) in [5.41, 5.74) is 2.27. The zero-order chi connectivity index (χ0) is 18.7. The summed E-state index contributed by atoms with van der Waals surface area (Å²) >= 11 is 0. The van der Waals surface area contributed by atoms with E-state index in [1.165, 1.54) is 12.1 Å². The molecule has 142 valence electrons. The van der Waals surface area contributed by atoms with Crippen molar-refractivity contribution in [3.05, 3.63) is 65.7 Å². The number of halogens is 1. The van der Waals surface area contributed by atoms with Gasteiger partial charge in [0.2, 0.25) is 5.91 Å². The van der Waals surface area contributed by atoms with Gasteiger partial charge < -0.3 is 4.90 Å². The minimum atomic E-state index is -0.190. The van der Waals surface area contributed by atoms with Gasteiger partial charge in [-0.25, -0.2) is 4.39 Å². The lowest BCUT2D eigenvalue weighted by Crippen LogP contribution is -2.45. The second kappa shape index (κ2) is 7.77. The van der Waals surface area contributed by atoms with Crippen molar-refractivity contribution in [1.82, 2.24) is 14.8 Å². The van der Waals surface area contributed by atoms with Crippen molar-refractivity contribution >= 4 is 5.91 Å². The number of aromatic nitrogens is 1. The predicted molar refractivity (Wildman–Crippen MR) is 102 cm³/mol. The molecule has 0 radical (unpaired) electrons. The summed E-state index contributed by atoms with van der Waals surface area (Å²) in [6.45, 7) is 3.52. The van der Waals surface area contributed by atoms with Crippen LogP contribution in [0.4, 0.5) is 4.39 Å². The summed E-state index contributed by atoms with van der Waals surface area (Å²) in [7, 11) is 0. The van der Waals surface area contributed by atoms with E-state index >= 15 is 0 Å². The highest BCUT2D eigenvalue weighted by molar-refractivity contribution is 5.79. The second-order valence-corrected chi connectivity index (χ2v) is 7.82. The molecule has 2 fully saturated rings. The van der Waals surface area contributed by atoms with E-state index in [2.05, 4.69) is 14.8 Å². The summed E-state index contributed by atoms with van der Waals surface area (Å²) in [5.74, 6) is 0.0867. The molecule has 3 heterocycles. The number of likely N-dealkylation sites (tertiary alicyclic amines) is 2. The number of hydrogen-bond acceptors (Lipinski definition) is 3. The van der Waals surface area contributed by atoms with Crippen LogP contribution in [0.3, 0.4) is 0 Å². The van der Waals surface area contributed by atoms with Gasteiger partial charge in [0, 0.05) is 44.0 Å². The predicted octanol–water partition coefficient (Wildman–Crippen LogP) is 3.77. The Bertz CT molecular complexity index is 780. The maximum absolute atomic E-state index is 13.1. The van der Waals surface area contributed by atoms with Gasteiger partial charge >= 0.3 is 0 Å². The van der Waals surface area contributed by atoms with Gasteiger partial charge in [0.05, 0.1) is 0 Å². The molecule has 0 unspecified atom stereocenters. The van der Waals surface area contributed by atoms with Gasteiger partial charge in [0.15, 0.2) is 0 Å². The Morgan fingerprint density at radius 1 is 0.926 bits per heavy atom. The third kappa shape index (κ3) is 4.03. The van der Waals surface area contributed by atoms with Gasteiger partial charge in [0.1, 0.15) is 5.82 Å². The molecule has 2 saturated heterocycles. The lowest BCUT2D eigenvalue weighted by Gasteiger charge is -2.38. The summed E-state index contributed by atoms with van der Waals surface area (Å²) in [6.07, 6.45) is 8.35. The lowest BCUT2D eigenvalue weighted by molar-refractivity contribution is -0.132. The van der Waals surface area contributed by atoms with E-state index in [-0.39, 0.29) is 17.3 Å². The first-order chi connectivity index (χ1) is 13.1. The summed E-state index contributed by atoms with van der Waals surface area (Å²) in [5, 5.41) is 0. The van der Waals surface area contributed by atoms with E-state index < -0.39 is 0 Å². The molecule has 0 aliphatic carbocycles. The van der Waals surface area contributed by atoms with Crippen molar-refractivity contribution < 1.29 is 9.18 Å². The van der Waals surface area contributed by atoms with Crippen LogP contribution >= 0.6 is 0 Å². The molecule has 4 nitrogen and oxygen atoms in total. The summed E-state index contributed by atoms with van der Waals surface area (Å²) < 4.78 is 13.1. The van der Waals surface area contributed by atoms with E-state index in [1.54, 1.807) is 12.4 Å². The quantitative estimate of drug-likeness (QED) is 0.825. The normalized spacial score (nSPS) is 23.7. The first-order valence-electron chi connectivity index (χ1n) is 9.81. The van der Waals surface area contributed by atoms with E-state index in [4.69, 9.17) is 0 Å². The summed E-state index contributed by atoms with van der Waals surface area (Å²) in [4.78, 5) is 21.3. The van der Waals surface area contributed by atoms with Crippen molar-refractivity contribution in [3.63, 3.8) is 0 Å². The van der Waals surface area contributed by atoms with E-state index in [9.17, 15) is 9.18 Å². The average molecular weight is 367 g/mol. The highest BCUT2D eigenvalue weighted by atomic mass is 19.1.